The lowest BCUT2D eigenvalue weighted by atomic mass is 9.96. The van der Waals surface area contributed by atoms with Crippen molar-refractivity contribution in [1.29, 1.82) is 0 Å². The molecule has 3 heteroatoms. The first-order chi connectivity index (χ1) is 8.22. The lowest BCUT2D eigenvalue weighted by Gasteiger charge is -2.36. The van der Waals surface area contributed by atoms with E-state index in [9.17, 15) is 9.90 Å². The zero-order valence-electron chi connectivity index (χ0n) is 10.2. The summed E-state index contributed by atoms with van der Waals surface area (Å²) in [5.74, 6) is 0.677. The van der Waals surface area contributed by atoms with Crippen LogP contribution in [0, 0.1) is 5.92 Å². The SMILES string of the molecule is CC1CCC(=O)N(C(CO)c2ccccc2)C1. The van der Waals surface area contributed by atoms with Gasteiger partial charge in [-0.2, -0.15) is 0 Å². The summed E-state index contributed by atoms with van der Waals surface area (Å²) in [6.07, 6.45) is 1.56. The molecule has 0 spiro atoms. The Bertz CT molecular complexity index is 377. The highest BCUT2D eigenvalue weighted by Gasteiger charge is 2.29. The normalized spacial score (nSPS) is 22.6. The van der Waals surface area contributed by atoms with Crippen molar-refractivity contribution >= 4 is 5.91 Å². The molecule has 2 atom stereocenters. The number of piperidine rings is 1. The number of hydrogen-bond donors (Lipinski definition) is 1. The zero-order valence-corrected chi connectivity index (χ0v) is 10.2. The first kappa shape index (κ1) is 12.1. The first-order valence-electron chi connectivity index (χ1n) is 6.17. The van der Waals surface area contributed by atoms with Gasteiger partial charge in [-0.05, 0) is 17.9 Å². The average Bonchev–Trinajstić information content (AvgIpc) is 2.36. The van der Waals surface area contributed by atoms with Crippen molar-refractivity contribution in [2.45, 2.75) is 25.8 Å². The Kier molecular flexibility index (Phi) is 3.79. The third kappa shape index (κ3) is 2.67. The molecule has 3 nitrogen and oxygen atoms in total. The van der Waals surface area contributed by atoms with E-state index in [1.54, 1.807) is 0 Å². The van der Waals surface area contributed by atoms with Gasteiger partial charge in [-0.25, -0.2) is 0 Å². The topological polar surface area (TPSA) is 40.5 Å². The second-order valence-corrected chi connectivity index (χ2v) is 4.80. The minimum atomic E-state index is -0.188. The van der Waals surface area contributed by atoms with Gasteiger partial charge in [0.25, 0.3) is 0 Å². The lowest BCUT2D eigenvalue weighted by Crippen LogP contribution is -2.42. The molecule has 0 aliphatic carbocycles. The molecule has 2 unspecified atom stereocenters. The van der Waals surface area contributed by atoms with Crippen molar-refractivity contribution < 1.29 is 9.90 Å². The van der Waals surface area contributed by atoms with Crippen LogP contribution >= 0.6 is 0 Å². The largest absolute Gasteiger partial charge is 0.394 e. The van der Waals surface area contributed by atoms with Crippen LogP contribution < -0.4 is 0 Å². The molecule has 0 radical (unpaired) electrons. The summed E-state index contributed by atoms with van der Waals surface area (Å²) in [5, 5.41) is 9.54. The Balaban J connectivity index is 2.20. The summed E-state index contributed by atoms with van der Waals surface area (Å²) in [7, 11) is 0. The van der Waals surface area contributed by atoms with Crippen LogP contribution in [-0.4, -0.2) is 29.1 Å². The molecule has 17 heavy (non-hydrogen) atoms. The van der Waals surface area contributed by atoms with E-state index in [0.717, 1.165) is 18.5 Å². The van der Waals surface area contributed by atoms with Gasteiger partial charge < -0.3 is 10.0 Å². The van der Waals surface area contributed by atoms with Crippen LogP contribution in [0.3, 0.4) is 0 Å². The number of hydrogen-bond acceptors (Lipinski definition) is 2. The van der Waals surface area contributed by atoms with Crippen LogP contribution in [0.2, 0.25) is 0 Å². The van der Waals surface area contributed by atoms with E-state index < -0.39 is 0 Å². The smallest absolute Gasteiger partial charge is 0.223 e. The number of benzene rings is 1. The second-order valence-electron chi connectivity index (χ2n) is 4.80. The van der Waals surface area contributed by atoms with Crippen LogP contribution in [0.5, 0.6) is 0 Å². The molecule has 1 heterocycles. The fourth-order valence-corrected chi connectivity index (χ4v) is 2.40. The second kappa shape index (κ2) is 5.32. The van der Waals surface area contributed by atoms with Crippen LogP contribution in [0.1, 0.15) is 31.4 Å². The number of likely N-dealkylation sites (tertiary alicyclic amines) is 1. The van der Waals surface area contributed by atoms with Crippen LogP contribution in [0.4, 0.5) is 0 Å². The predicted molar refractivity (Wildman–Crippen MR) is 66.4 cm³/mol. The lowest BCUT2D eigenvalue weighted by molar-refractivity contribution is -0.138. The number of amides is 1. The predicted octanol–water partition coefficient (Wildman–Crippen LogP) is 1.98. The Morgan fingerprint density at radius 2 is 2.12 bits per heavy atom. The van der Waals surface area contributed by atoms with Gasteiger partial charge in [0.15, 0.2) is 0 Å². The number of aliphatic hydroxyl groups excluding tert-OH is 1. The molecule has 92 valence electrons. The summed E-state index contributed by atoms with van der Waals surface area (Å²) < 4.78 is 0. The summed E-state index contributed by atoms with van der Waals surface area (Å²) in [6.45, 7) is 2.89. The number of nitrogens with zero attached hydrogens (tertiary/aromatic N) is 1. The van der Waals surface area contributed by atoms with Gasteiger partial charge in [-0.1, -0.05) is 37.3 Å². The maximum absolute atomic E-state index is 11.9. The van der Waals surface area contributed by atoms with Gasteiger partial charge >= 0.3 is 0 Å². The number of rotatable bonds is 3. The van der Waals surface area contributed by atoms with Crippen molar-refractivity contribution in [3.8, 4) is 0 Å². The summed E-state index contributed by atoms with van der Waals surface area (Å²) in [5.41, 5.74) is 1.01. The third-order valence-electron chi connectivity index (χ3n) is 3.41. The van der Waals surface area contributed by atoms with E-state index in [2.05, 4.69) is 6.92 Å². The van der Waals surface area contributed by atoms with Crippen molar-refractivity contribution in [2.24, 2.45) is 5.92 Å². The standard InChI is InChI=1S/C14H19NO2/c1-11-7-8-14(17)15(9-11)13(10-16)12-5-3-2-4-6-12/h2-6,11,13,16H,7-10H2,1H3. The Labute approximate surface area is 102 Å². The molecule has 1 N–H and O–H groups in total. The van der Waals surface area contributed by atoms with Crippen LogP contribution in [0.25, 0.3) is 0 Å². The Hall–Kier alpha value is -1.35. The summed E-state index contributed by atoms with van der Waals surface area (Å²) in [4.78, 5) is 13.8. The fraction of sp³-hybridized carbons (Fsp3) is 0.500. The highest BCUT2D eigenvalue weighted by Crippen LogP contribution is 2.27. The fourth-order valence-electron chi connectivity index (χ4n) is 2.40. The Morgan fingerprint density at radius 1 is 1.41 bits per heavy atom. The molecule has 1 amide bonds. The third-order valence-corrected chi connectivity index (χ3v) is 3.41. The molecule has 0 aromatic heterocycles. The minimum Gasteiger partial charge on any atom is -0.394 e. The highest BCUT2D eigenvalue weighted by molar-refractivity contribution is 5.77. The number of carbonyl (C=O) groups is 1. The molecule has 1 fully saturated rings. The zero-order chi connectivity index (χ0) is 12.3. The molecule has 1 aliphatic heterocycles. The van der Waals surface area contributed by atoms with Crippen LogP contribution in [0.15, 0.2) is 30.3 Å². The minimum absolute atomic E-state index is 0.0114. The number of carbonyl (C=O) groups excluding carboxylic acids is 1. The van der Waals surface area contributed by atoms with E-state index >= 15 is 0 Å². The molecule has 1 saturated heterocycles. The monoisotopic (exact) mass is 233 g/mol. The van der Waals surface area contributed by atoms with Gasteiger partial charge in [0.1, 0.15) is 0 Å². The number of aliphatic hydroxyl groups is 1. The first-order valence-corrected chi connectivity index (χ1v) is 6.17. The van der Waals surface area contributed by atoms with Gasteiger partial charge in [0, 0.05) is 13.0 Å². The molecular weight excluding hydrogens is 214 g/mol. The molecule has 1 aliphatic rings. The highest BCUT2D eigenvalue weighted by atomic mass is 16.3. The van der Waals surface area contributed by atoms with Gasteiger partial charge in [-0.15, -0.1) is 0 Å². The van der Waals surface area contributed by atoms with E-state index in [1.165, 1.54) is 0 Å². The van der Waals surface area contributed by atoms with E-state index in [4.69, 9.17) is 0 Å². The molecule has 0 bridgehead atoms. The maximum atomic E-state index is 11.9. The van der Waals surface area contributed by atoms with Crippen LogP contribution in [-0.2, 0) is 4.79 Å². The van der Waals surface area contributed by atoms with Gasteiger partial charge in [-0.3, -0.25) is 4.79 Å². The quantitative estimate of drug-likeness (QED) is 0.867. The molecular formula is C14H19NO2. The van der Waals surface area contributed by atoms with Crippen molar-refractivity contribution in [1.82, 2.24) is 4.90 Å². The van der Waals surface area contributed by atoms with E-state index in [1.807, 2.05) is 35.2 Å². The molecule has 1 aromatic rings. The van der Waals surface area contributed by atoms with Crippen molar-refractivity contribution in [2.75, 3.05) is 13.2 Å². The van der Waals surface area contributed by atoms with Gasteiger partial charge in [0.2, 0.25) is 5.91 Å². The molecule has 2 rings (SSSR count). The summed E-state index contributed by atoms with van der Waals surface area (Å²) >= 11 is 0. The summed E-state index contributed by atoms with van der Waals surface area (Å²) in [6, 6.07) is 9.57. The average molecular weight is 233 g/mol. The Morgan fingerprint density at radius 3 is 2.76 bits per heavy atom. The van der Waals surface area contributed by atoms with E-state index in [-0.39, 0.29) is 18.6 Å². The molecule has 1 aromatic carbocycles. The van der Waals surface area contributed by atoms with Crippen molar-refractivity contribution in [3.63, 3.8) is 0 Å². The van der Waals surface area contributed by atoms with E-state index in [0.29, 0.717) is 12.3 Å². The van der Waals surface area contributed by atoms with Crippen molar-refractivity contribution in [3.05, 3.63) is 35.9 Å². The maximum Gasteiger partial charge on any atom is 0.223 e. The van der Waals surface area contributed by atoms with Gasteiger partial charge in [0.05, 0.1) is 12.6 Å². The molecule has 0 saturated carbocycles.